The molecule has 1 saturated heterocycles. The van der Waals surface area contributed by atoms with Crippen LogP contribution >= 0.6 is 11.6 Å². The van der Waals surface area contributed by atoms with E-state index < -0.39 is 32.2 Å². The Bertz CT molecular complexity index is 1110. The second-order valence-electron chi connectivity index (χ2n) is 8.80. The van der Waals surface area contributed by atoms with Gasteiger partial charge in [0, 0.05) is 18.1 Å². The maximum atomic E-state index is 13.4. The molecule has 0 aromatic heterocycles. The van der Waals surface area contributed by atoms with E-state index in [-0.39, 0.29) is 30.8 Å². The van der Waals surface area contributed by atoms with Gasteiger partial charge in [-0.2, -0.15) is 0 Å². The van der Waals surface area contributed by atoms with Crippen LogP contribution in [0.1, 0.15) is 33.6 Å². The molecule has 2 aromatic carbocycles. The summed E-state index contributed by atoms with van der Waals surface area (Å²) in [6, 6.07) is 12.2. The summed E-state index contributed by atoms with van der Waals surface area (Å²) in [6.45, 7) is 5.08. The summed E-state index contributed by atoms with van der Waals surface area (Å²) in [5.74, 6) is -0.528. The van der Waals surface area contributed by atoms with Gasteiger partial charge in [-0.25, -0.2) is 13.2 Å². The van der Waals surface area contributed by atoms with Crippen molar-refractivity contribution in [2.75, 3.05) is 13.1 Å². The van der Waals surface area contributed by atoms with Gasteiger partial charge in [0.1, 0.15) is 17.1 Å². The summed E-state index contributed by atoms with van der Waals surface area (Å²) in [4.78, 5) is 25.7. The standard InChI is InChI=1S/C23H26ClNO7S/c1-22(2,3)32-21(28)25-14-12-23(13-15-25,20(26)27)33(29,30)19-10-8-18(9-11-19)31-17-6-4-16(24)5-7-17/h4-11H,12-15H2,1-3H3,(H,26,27). The summed E-state index contributed by atoms with van der Waals surface area (Å²) >= 11 is 5.85. The summed E-state index contributed by atoms with van der Waals surface area (Å²) < 4.78 is 35.7. The van der Waals surface area contributed by atoms with Crippen LogP contribution < -0.4 is 4.74 Å². The molecule has 1 fully saturated rings. The van der Waals surface area contributed by atoms with Gasteiger partial charge in [0.25, 0.3) is 0 Å². The van der Waals surface area contributed by atoms with E-state index in [1.807, 2.05) is 0 Å². The van der Waals surface area contributed by atoms with E-state index in [4.69, 9.17) is 21.1 Å². The van der Waals surface area contributed by atoms with Crippen LogP contribution in [0.4, 0.5) is 4.79 Å². The van der Waals surface area contributed by atoms with Gasteiger partial charge in [-0.1, -0.05) is 11.6 Å². The smallest absolute Gasteiger partial charge is 0.410 e. The maximum absolute atomic E-state index is 13.4. The molecule has 1 heterocycles. The average molecular weight is 496 g/mol. The average Bonchev–Trinajstić information content (AvgIpc) is 2.74. The maximum Gasteiger partial charge on any atom is 0.410 e. The van der Waals surface area contributed by atoms with Gasteiger partial charge in [0.05, 0.1) is 4.90 Å². The first-order valence-electron chi connectivity index (χ1n) is 10.3. The molecule has 10 heteroatoms. The van der Waals surface area contributed by atoms with E-state index in [1.54, 1.807) is 45.0 Å². The largest absolute Gasteiger partial charge is 0.480 e. The predicted octanol–water partition coefficient (Wildman–Crippen LogP) is 4.76. The molecule has 0 aliphatic carbocycles. The van der Waals surface area contributed by atoms with E-state index in [0.29, 0.717) is 16.5 Å². The van der Waals surface area contributed by atoms with Gasteiger partial charge in [-0.05, 0) is 82.1 Å². The van der Waals surface area contributed by atoms with Crippen molar-refractivity contribution >= 4 is 33.5 Å². The summed E-state index contributed by atoms with van der Waals surface area (Å²) in [6.07, 6.45) is -1.08. The van der Waals surface area contributed by atoms with Crippen molar-refractivity contribution in [1.82, 2.24) is 4.90 Å². The third-order valence-corrected chi connectivity index (χ3v) is 8.07. The van der Waals surface area contributed by atoms with E-state index >= 15 is 0 Å². The van der Waals surface area contributed by atoms with Crippen LogP contribution in [0.2, 0.25) is 5.02 Å². The Morgan fingerprint density at radius 2 is 1.45 bits per heavy atom. The number of carbonyl (C=O) groups excluding carboxylic acids is 1. The van der Waals surface area contributed by atoms with Crippen molar-refractivity contribution in [3.8, 4) is 11.5 Å². The van der Waals surface area contributed by atoms with E-state index in [2.05, 4.69) is 0 Å². The van der Waals surface area contributed by atoms with Crippen molar-refractivity contribution in [1.29, 1.82) is 0 Å². The number of hydrogen-bond donors (Lipinski definition) is 1. The molecule has 0 unspecified atom stereocenters. The van der Waals surface area contributed by atoms with Crippen LogP contribution in [-0.2, 0) is 19.4 Å². The lowest BCUT2D eigenvalue weighted by molar-refractivity contribution is -0.141. The van der Waals surface area contributed by atoms with Crippen molar-refractivity contribution in [3.05, 3.63) is 53.6 Å². The number of piperidine rings is 1. The fourth-order valence-electron chi connectivity index (χ4n) is 3.53. The molecule has 1 aliphatic rings. The Hall–Kier alpha value is -2.78. The minimum absolute atomic E-state index is 0.0434. The molecule has 0 radical (unpaired) electrons. The van der Waals surface area contributed by atoms with Gasteiger partial charge in [-0.15, -0.1) is 0 Å². The number of carbonyl (C=O) groups is 2. The number of halogens is 1. The molecule has 33 heavy (non-hydrogen) atoms. The van der Waals surface area contributed by atoms with Crippen molar-refractivity contribution in [2.45, 2.75) is 48.9 Å². The highest BCUT2D eigenvalue weighted by molar-refractivity contribution is 7.93. The molecule has 1 aliphatic heterocycles. The lowest BCUT2D eigenvalue weighted by atomic mass is 9.96. The van der Waals surface area contributed by atoms with Gasteiger partial charge < -0.3 is 19.5 Å². The van der Waals surface area contributed by atoms with Crippen LogP contribution in [0, 0.1) is 0 Å². The molecular formula is C23H26ClNO7S. The van der Waals surface area contributed by atoms with E-state index in [0.717, 1.165) is 0 Å². The lowest BCUT2D eigenvalue weighted by Gasteiger charge is -2.38. The minimum atomic E-state index is -4.25. The van der Waals surface area contributed by atoms with Crippen molar-refractivity contribution in [2.24, 2.45) is 0 Å². The molecule has 8 nitrogen and oxygen atoms in total. The molecule has 178 valence electrons. The molecule has 0 spiro atoms. The van der Waals surface area contributed by atoms with Gasteiger partial charge in [-0.3, -0.25) is 4.79 Å². The predicted molar refractivity (Wildman–Crippen MR) is 123 cm³/mol. The molecular weight excluding hydrogens is 470 g/mol. The second-order valence-corrected chi connectivity index (χ2v) is 11.5. The number of benzene rings is 2. The highest BCUT2D eigenvalue weighted by Crippen LogP contribution is 2.37. The number of carboxylic acids is 1. The summed E-state index contributed by atoms with van der Waals surface area (Å²) in [5, 5.41) is 10.5. The van der Waals surface area contributed by atoms with Crippen molar-refractivity contribution in [3.63, 3.8) is 0 Å². The summed E-state index contributed by atoms with van der Waals surface area (Å²) in [5.41, 5.74) is -0.708. The number of likely N-dealkylation sites (tertiary alicyclic amines) is 1. The number of hydrogen-bond acceptors (Lipinski definition) is 6. The third-order valence-electron chi connectivity index (χ3n) is 5.31. The first-order valence-corrected chi connectivity index (χ1v) is 12.2. The number of sulfone groups is 1. The fourth-order valence-corrected chi connectivity index (χ4v) is 5.55. The molecule has 3 rings (SSSR count). The Balaban J connectivity index is 1.78. The second kappa shape index (κ2) is 9.23. The highest BCUT2D eigenvalue weighted by atomic mass is 35.5. The Morgan fingerprint density at radius 1 is 0.970 bits per heavy atom. The molecule has 1 amide bonds. The van der Waals surface area contributed by atoms with Crippen LogP contribution in [0.25, 0.3) is 0 Å². The normalized spacial score (nSPS) is 16.2. The topological polar surface area (TPSA) is 110 Å². The van der Waals surface area contributed by atoms with Crippen LogP contribution in [-0.4, -0.2) is 53.9 Å². The Labute approximate surface area is 198 Å². The van der Waals surface area contributed by atoms with Gasteiger partial charge >= 0.3 is 12.1 Å². The minimum Gasteiger partial charge on any atom is -0.480 e. The number of aliphatic carboxylic acids is 1. The molecule has 1 N–H and O–H groups in total. The Morgan fingerprint density at radius 3 is 1.91 bits per heavy atom. The summed E-state index contributed by atoms with van der Waals surface area (Å²) in [7, 11) is -4.25. The zero-order valence-electron chi connectivity index (χ0n) is 18.6. The number of carboxylic acid groups (broad SMARTS) is 1. The zero-order valence-corrected chi connectivity index (χ0v) is 20.1. The zero-order chi connectivity index (χ0) is 24.4. The third kappa shape index (κ3) is 5.42. The number of nitrogens with zero attached hydrogens (tertiary/aromatic N) is 1. The lowest BCUT2D eigenvalue weighted by Crippen LogP contribution is -2.55. The molecule has 0 atom stereocenters. The van der Waals surface area contributed by atoms with Crippen molar-refractivity contribution < 1.29 is 32.6 Å². The van der Waals surface area contributed by atoms with Gasteiger partial charge in [0.15, 0.2) is 14.6 Å². The fraction of sp³-hybridized carbons (Fsp3) is 0.391. The monoisotopic (exact) mass is 495 g/mol. The SMILES string of the molecule is CC(C)(C)OC(=O)N1CCC(C(=O)O)(S(=O)(=O)c2ccc(Oc3ccc(Cl)cc3)cc2)CC1. The number of rotatable bonds is 5. The number of ether oxygens (including phenoxy) is 2. The molecule has 0 saturated carbocycles. The van der Waals surface area contributed by atoms with Gasteiger partial charge in [0.2, 0.25) is 0 Å². The molecule has 2 aromatic rings. The van der Waals surface area contributed by atoms with E-state index in [1.165, 1.54) is 29.2 Å². The highest BCUT2D eigenvalue weighted by Gasteiger charge is 2.54. The van der Waals surface area contributed by atoms with Crippen LogP contribution in [0.3, 0.4) is 0 Å². The molecule has 0 bridgehead atoms. The Kier molecular flexibility index (Phi) is 6.95. The van der Waals surface area contributed by atoms with Crippen LogP contribution in [0.15, 0.2) is 53.4 Å². The van der Waals surface area contributed by atoms with Crippen LogP contribution in [0.5, 0.6) is 11.5 Å². The first kappa shape index (κ1) is 24.9. The quantitative estimate of drug-likeness (QED) is 0.636. The first-order chi connectivity index (χ1) is 15.3. The number of amides is 1. The van der Waals surface area contributed by atoms with E-state index in [9.17, 15) is 23.1 Å².